The van der Waals surface area contributed by atoms with Crippen molar-refractivity contribution in [3.63, 3.8) is 0 Å². The number of hydrogen-bond acceptors (Lipinski definition) is 2. The molecule has 13 heavy (non-hydrogen) atoms. The number of halogens is 1. The van der Waals surface area contributed by atoms with Crippen LogP contribution >= 0.6 is 0 Å². The zero-order valence-corrected chi connectivity index (χ0v) is 7.16. The van der Waals surface area contributed by atoms with Crippen molar-refractivity contribution in [2.75, 3.05) is 0 Å². The number of hydrogen-bond donors (Lipinski definition) is 0. The van der Waals surface area contributed by atoms with Gasteiger partial charge in [-0.2, -0.15) is 0 Å². The fourth-order valence-corrected chi connectivity index (χ4v) is 0.925. The van der Waals surface area contributed by atoms with Crippen molar-refractivity contribution >= 4 is 12.1 Å². The van der Waals surface area contributed by atoms with Crippen LogP contribution in [0, 0.1) is 0 Å². The van der Waals surface area contributed by atoms with Crippen LogP contribution in [0.1, 0.15) is 17.3 Å². The van der Waals surface area contributed by atoms with Crippen LogP contribution in [0.3, 0.4) is 0 Å². The third-order valence-electron chi connectivity index (χ3n) is 1.70. The van der Waals surface area contributed by atoms with E-state index in [4.69, 9.17) is 0 Å². The third-order valence-corrected chi connectivity index (χ3v) is 1.70. The second kappa shape index (κ2) is 3.47. The molecule has 3 heteroatoms. The lowest BCUT2D eigenvalue weighted by Crippen LogP contribution is -2.31. The smallest absolute Gasteiger partial charge is 0.225 e. The molecule has 68 valence electrons. The lowest BCUT2D eigenvalue weighted by atomic mass is 9.98. The quantitative estimate of drug-likeness (QED) is 0.403. The van der Waals surface area contributed by atoms with Crippen molar-refractivity contribution in [1.82, 2.24) is 0 Å². The van der Waals surface area contributed by atoms with Crippen molar-refractivity contribution in [3.05, 3.63) is 35.9 Å². The van der Waals surface area contributed by atoms with Crippen LogP contribution in [0.2, 0.25) is 0 Å². The molecular weight excluding hydrogens is 171 g/mol. The summed E-state index contributed by atoms with van der Waals surface area (Å²) in [6.07, 6.45) is 0.0162. The Labute approximate surface area is 75.4 Å². The number of benzene rings is 1. The molecule has 0 saturated carbocycles. The average Bonchev–Trinajstić information content (AvgIpc) is 2.18. The lowest BCUT2D eigenvalue weighted by molar-refractivity contribution is -0.114. The Kier molecular flexibility index (Phi) is 2.56. The van der Waals surface area contributed by atoms with Gasteiger partial charge < -0.3 is 0 Å². The van der Waals surface area contributed by atoms with Crippen molar-refractivity contribution in [2.45, 2.75) is 12.6 Å². The van der Waals surface area contributed by atoms with Gasteiger partial charge in [0.2, 0.25) is 11.5 Å². The molecule has 0 radical (unpaired) electrons. The van der Waals surface area contributed by atoms with Gasteiger partial charge in [0.1, 0.15) is 0 Å². The van der Waals surface area contributed by atoms with Gasteiger partial charge in [-0.05, 0) is 6.92 Å². The number of ketones is 1. The zero-order chi connectivity index (χ0) is 9.90. The van der Waals surface area contributed by atoms with Gasteiger partial charge in [-0.15, -0.1) is 0 Å². The Balaban J connectivity index is 2.99. The maximum Gasteiger partial charge on any atom is 0.225 e. The molecule has 0 N–H and O–H groups in total. The predicted octanol–water partition coefficient (Wildman–Crippen LogP) is 1.80. The molecule has 0 bridgehead atoms. The first-order valence-electron chi connectivity index (χ1n) is 3.83. The van der Waals surface area contributed by atoms with E-state index in [2.05, 4.69) is 0 Å². The molecule has 0 aromatic heterocycles. The fourth-order valence-electron chi connectivity index (χ4n) is 0.925. The van der Waals surface area contributed by atoms with E-state index in [0.717, 1.165) is 6.92 Å². The molecule has 1 aromatic carbocycles. The Hall–Kier alpha value is -1.51. The minimum absolute atomic E-state index is 0.0162. The number of rotatable bonds is 3. The Morgan fingerprint density at radius 2 is 1.92 bits per heavy atom. The van der Waals surface area contributed by atoms with Gasteiger partial charge in [0.15, 0.2) is 6.29 Å². The van der Waals surface area contributed by atoms with E-state index in [0.29, 0.717) is 0 Å². The van der Waals surface area contributed by atoms with E-state index in [1.807, 2.05) is 0 Å². The summed E-state index contributed by atoms with van der Waals surface area (Å²) in [5.41, 5.74) is -2.21. The van der Waals surface area contributed by atoms with Gasteiger partial charge in [0.25, 0.3) is 0 Å². The molecule has 1 unspecified atom stereocenters. The van der Waals surface area contributed by atoms with E-state index in [1.165, 1.54) is 12.1 Å². The molecule has 0 aliphatic carbocycles. The van der Waals surface area contributed by atoms with Gasteiger partial charge in [-0.3, -0.25) is 9.59 Å². The summed E-state index contributed by atoms with van der Waals surface area (Å²) in [5.74, 6) is -0.803. The summed E-state index contributed by atoms with van der Waals surface area (Å²) >= 11 is 0. The molecule has 0 aliphatic rings. The van der Waals surface area contributed by atoms with E-state index in [1.54, 1.807) is 18.2 Å². The first kappa shape index (κ1) is 9.58. The van der Waals surface area contributed by atoms with Crippen LogP contribution in [-0.4, -0.2) is 17.7 Å². The van der Waals surface area contributed by atoms with Crippen LogP contribution in [-0.2, 0) is 4.79 Å². The maximum absolute atomic E-state index is 13.2. The van der Waals surface area contributed by atoms with Crippen LogP contribution in [0.5, 0.6) is 0 Å². The SMILES string of the molecule is CC(F)(C=O)C(=O)c1ccccc1. The van der Waals surface area contributed by atoms with Crippen LogP contribution in [0.15, 0.2) is 30.3 Å². The van der Waals surface area contributed by atoms with E-state index in [-0.39, 0.29) is 11.8 Å². The van der Waals surface area contributed by atoms with Crippen LogP contribution in [0.4, 0.5) is 4.39 Å². The highest BCUT2D eigenvalue weighted by molar-refractivity contribution is 6.11. The van der Waals surface area contributed by atoms with Crippen molar-refractivity contribution in [2.24, 2.45) is 0 Å². The highest BCUT2D eigenvalue weighted by Gasteiger charge is 2.32. The largest absolute Gasteiger partial charge is 0.299 e. The third kappa shape index (κ3) is 1.99. The normalized spacial score (nSPS) is 14.6. The number of carbonyl (C=O) groups is 2. The summed E-state index contributed by atoms with van der Waals surface area (Å²) in [6, 6.07) is 7.91. The second-order valence-corrected chi connectivity index (χ2v) is 2.89. The lowest BCUT2D eigenvalue weighted by Gasteiger charge is -2.10. The fraction of sp³-hybridized carbons (Fsp3) is 0.200. The van der Waals surface area contributed by atoms with Crippen LogP contribution in [0.25, 0.3) is 0 Å². The summed E-state index contributed by atoms with van der Waals surface area (Å²) < 4.78 is 13.2. The Morgan fingerprint density at radius 3 is 2.38 bits per heavy atom. The molecular formula is C10H9FO2. The highest BCUT2D eigenvalue weighted by atomic mass is 19.1. The first-order valence-corrected chi connectivity index (χ1v) is 3.83. The molecule has 1 rings (SSSR count). The molecule has 0 amide bonds. The summed E-state index contributed by atoms with van der Waals surface area (Å²) in [6.45, 7) is 0.954. The minimum Gasteiger partial charge on any atom is -0.299 e. The number of alkyl halides is 1. The van der Waals surface area contributed by atoms with Gasteiger partial charge in [0.05, 0.1) is 0 Å². The highest BCUT2D eigenvalue weighted by Crippen LogP contribution is 2.14. The van der Waals surface area contributed by atoms with E-state index >= 15 is 0 Å². The van der Waals surface area contributed by atoms with Crippen molar-refractivity contribution in [3.8, 4) is 0 Å². The van der Waals surface area contributed by atoms with Crippen LogP contribution < -0.4 is 0 Å². The predicted molar refractivity (Wildman–Crippen MR) is 46.3 cm³/mol. The van der Waals surface area contributed by atoms with E-state index in [9.17, 15) is 14.0 Å². The molecule has 0 saturated heterocycles. The summed E-state index contributed by atoms with van der Waals surface area (Å²) in [4.78, 5) is 21.5. The van der Waals surface area contributed by atoms with Crippen molar-refractivity contribution < 1.29 is 14.0 Å². The van der Waals surface area contributed by atoms with Gasteiger partial charge >= 0.3 is 0 Å². The number of Topliss-reactive ketones (excluding diaryl/α,β-unsaturated/α-hetero) is 1. The molecule has 1 atom stereocenters. The second-order valence-electron chi connectivity index (χ2n) is 2.89. The molecule has 0 spiro atoms. The van der Waals surface area contributed by atoms with Gasteiger partial charge in [-0.25, -0.2) is 4.39 Å². The monoisotopic (exact) mass is 180 g/mol. The molecule has 2 nitrogen and oxygen atoms in total. The first-order chi connectivity index (χ1) is 6.08. The maximum atomic E-state index is 13.2. The van der Waals surface area contributed by atoms with Gasteiger partial charge in [-0.1, -0.05) is 30.3 Å². The number of aldehydes is 1. The molecule has 0 fully saturated rings. The number of carbonyl (C=O) groups excluding carboxylic acids is 2. The van der Waals surface area contributed by atoms with Crippen molar-refractivity contribution in [1.29, 1.82) is 0 Å². The molecule has 0 aliphatic heterocycles. The Morgan fingerprint density at radius 1 is 1.38 bits per heavy atom. The topological polar surface area (TPSA) is 34.1 Å². The standard InChI is InChI=1S/C10H9FO2/c1-10(11,7-12)9(13)8-5-3-2-4-6-8/h2-7H,1H3. The van der Waals surface area contributed by atoms with E-state index < -0.39 is 11.5 Å². The summed E-state index contributed by atoms with van der Waals surface area (Å²) in [7, 11) is 0. The minimum atomic E-state index is -2.42. The Bertz CT molecular complexity index is 317. The van der Waals surface area contributed by atoms with Gasteiger partial charge in [0, 0.05) is 5.56 Å². The average molecular weight is 180 g/mol. The molecule has 0 heterocycles. The summed E-state index contributed by atoms with van der Waals surface area (Å²) in [5, 5.41) is 0. The zero-order valence-electron chi connectivity index (χ0n) is 7.16. The molecule has 1 aromatic rings.